The fourth-order valence-corrected chi connectivity index (χ4v) is 8.98. The number of benzene rings is 2. The summed E-state index contributed by atoms with van der Waals surface area (Å²) in [4.78, 5) is 13.3. The second kappa shape index (κ2) is 9.16. The first kappa shape index (κ1) is 18.9. The Balaban J connectivity index is 1.72. The molecule has 0 atom stereocenters. The molecule has 27 heavy (non-hydrogen) atoms. The lowest BCUT2D eigenvalue weighted by Gasteiger charge is -2.39. The van der Waals surface area contributed by atoms with Crippen molar-refractivity contribution in [3.63, 3.8) is 0 Å². The quantitative estimate of drug-likeness (QED) is 0.418. The van der Waals surface area contributed by atoms with Crippen LogP contribution in [0, 0.1) is 0 Å². The molecule has 0 spiro atoms. The van der Waals surface area contributed by atoms with Crippen molar-refractivity contribution in [1.29, 1.82) is 0 Å². The van der Waals surface area contributed by atoms with Gasteiger partial charge in [0, 0.05) is 11.1 Å². The van der Waals surface area contributed by atoms with Crippen LogP contribution in [0.5, 0.6) is 0 Å². The number of carbonyl (C=O) groups is 1. The average molecular weight is 378 g/mol. The van der Waals surface area contributed by atoms with Crippen molar-refractivity contribution in [2.45, 2.75) is 75.5 Å². The lowest BCUT2D eigenvalue weighted by Crippen LogP contribution is -2.29. The molecular weight excluding hydrogens is 347 g/mol. The van der Waals surface area contributed by atoms with Crippen LogP contribution in [0.15, 0.2) is 54.6 Å². The van der Waals surface area contributed by atoms with Crippen LogP contribution in [0.25, 0.3) is 0 Å². The Morgan fingerprint density at radius 1 is 0.667 bits per heavy atom. The summed E-state index contributed by atoms with van der Waals surface area (Å²) in [5, 5.41) is 1.40. The minimum Gasteiger partial charge on any atom is -0.289 e. The zero-order valence-corrected chi connectivity index (χ0v) is 17.2. The van der Waals surface area contributed by atoms with Crippen molar-refractivity contribution < 1.29 is 4.79 Å². The summed E-state index contributed by atoms with van der Waals surface area (Å²) in [5.41, 5.74) is 3.45. The van der Waals surface area contributed by atoms with E-state index in [0.29, 0.717) is 0 Å². The van der Waals surface area contributed by atoms with Crippen LogP contribution >= 0.6 is 7.92 Å². The molecule has 0 bridgehead atoms. The Bertz CT molecular complexity index is 724. The molecule has 2 aromatic rings. The highest BCUT2D eigenvalue weighted by molar-refractivity contribution is 7.67. The summed E-state index contributed by atoms with van der Waals surface area (Å²) in [5.74, 6) is 0.213. The molecule has 0 unspecified atom stereocenters. The summed E-state index contributed by atoms with van der Waals surface area (Å²) in [6, 6.07) is 18.5. The highest BCUT2D eigenvalue weighted by atomic mass is 31.1. The average Bonchev–Trinajstić information content (AvgIpc) is 2.76. The molecule has 4 rings (SSSR count). The van der Waals surface area contributed by atoms with Crippen LogP contribution in [0.4, 0.5) is 0 Å². The Morgan fingerprint density at radius 2 is 1.19 bits per heavy atom. The molecule has 2 heteroatoms. The van der Waals surface area contributed by atoms with Crippen molar-refractivity contribution in [3.05, 3.63) is 65.7 Å². The number of hydrogen-bond acceptors (Lipinski definition) is 1. The van der Waals surface area contributed by atoms with Crippen molar-refractivity contribution in [1.82, 2.24) is 0 Å². The molecule has 2 fully saturated rings. The monoisotopic (exact) mass is 378 g/mol. The second-order valence-corrected chi connectivity index (χ2v) is 11.0. The van der Waals surface area contributed by atoms with Gasteiger partial charge < -0.3 is 0 Å². The van der Waals surface area contributed by atoms with Crippen LogP contribution in [0.3, 0.4) is 0 Å². The van der Waals surface area contributed by atoms with Gasteiger partial charge in [0.05, 0.1) is 0 Å². The summed E-state index contributed by atoms with van der Waals surface area (Å²) in [6.45, 7) is 0. The fraction of sp³-hybridized carbons (Fsp3) is 0.480. The Kier molecular flexibility index (Phi) is 6.40. The van der Waals surface area contributed by atoms with E-state index in [9.17, 15) is 4.79 Å². The summed E-state index contributed by atoms with van der Waals surface area (Å²) >= 11 is 0. The molecule has 0 aliphatic heterocycles. The first-order chi connectivity index (χ1) is 13.3. The maximum atomic E-state index is 13.3. The van der Waals surface area contributed by atoms with Crippen LogP contribution < -0.4 is 5.30 Å². The highest BCUT2D eigenvalue weighted by Crippen LogP contribution is 2.55. The van der Waals surface area contributed by atoms with Gasteiger partial charge >= 0.3 is 0 Å². The van der Waals surface area contributed by atoms with E-state index < -0.39 is 0 Å². The lowest BCUT2D eigenvalue weighted by atomic mass is 9.99. The molecule has 0 radical (unpaired) electrons. The van der Waals surface area contributed by atoms with E-state index in [-0.39, 0.29) is 13.7 Å². The van der Waals surface area contributed by atoms with E-state index in [2.05, 4.69) is 24.3 Å². The highest BCUT2D eigenvalue weighted by Gasteiger charge is 2.34. The molecule has 2 aliphatic rings. The van der Waals surface area contributed by atoms with E-state index in [0.717, 1.165) is 22.4 Å². The van der Waals surface area contributed by atoms with Gasteiger partial charge in [0.1, 0.15) is 0 Å². The van der Waals surface area contributed by atoms with Crippen molar-refractivity contribution >= 4 is 19.0 Å². The fourth-order valence-electron chi connectivity index (χ4n) is 5.05. The molecule has 0 heterocycles. The summed E-state index contributed by atoms with van der Waals surface area (Å²) in [7, 11) is -0.257. The molecule has 2 aliphatic carbocycles. The molecule has 2 aromatic carbocycles. The molecular formula is C25H31OP. The van der Waals surface area contributed by atoms with Gasteiger partial charge in [-0.3, -0.25) is 4.79 Å². The smallest absolute Gasteiger partial charge is 0.193 e. The molecule has 142 valence electrons. The van der Waals surface area contributed by atoms with Crippen LogP contribution in [-0.2, 0) is 0 Å². The first-order valence-electron chi connectivity index (χ1n) is 10.8. The van der Waals surface area contributed by atoms with Gasteiger partial charge in [0.2, 0.25) is 0 Å². The van der Waals surface area contributed by atoms with Crippen LogP contribution in [-0.4, -0.2) is 17.1 Å². The summed E-state index contributed by atoms with van der Waals surface area (Å²) in [6.07, 6.45) is 13.8. The van der Waals surface area contributed by atoms with Gasteiger partial charge in [0.25, 0.3) is 0 Å². The third-order valence-corrected chi connectivity index (χ3v) is 9.95. The number of rotatable bonds is 5. The van der Waals surface area contributed by atoms with Crippen LogP contribution in [0.2, 0.25) is 0 Å². The lowest BCUT2D eigenvalue weighted by molar-refractivity contribution is 0.104. The molecule has 2 saturated carbocycles. The number of carbonyl (C=O) groups excluding carboxylic acids is 1. The zero-order valence-electron chi connectivity index (χ0n) is 16.3. The Hall–Kier alpha value is -1.46. The second-order valence-electron chi connectivity index (χ2n) is 8.20. The zero-order chi connectivity index (χ0) is 18.5. The van der Waals surface area contributed by atoms with Gasteiger partial charge in [-0.25, -0.2) is 0 Å². The van der Waals surface area contributed by atoms with Crippen LogP contribution in [0.1, 0.15) is 80.1 Å². The van der Waals surface area contributed by atoms with Crippen molar-refractivity contribution in [2.75, 3.05) is 0 Å². The van der Waals surface area contributed by atoms with Crippen molar-refractivity contribution in [2.24, 2.45) is 0 Å². The minimum absolute atomic E-state index is 0.213. The third-order valence-electron chi connectivity index (χ3n) is 6.40. The van der Waals surface area contributed by atoms with Gasteiger partial charge in [-0.15, -0.1) is 0 Å². The van der Waals surface area contributed by atoms with E-state index in [1.54, 1.807) is 0 Å². The predicted molar refractivity (Wildman–Crippen MR) is 117 cm³/mol. The minimum atomic E-state index is -0.257. The van der Waals surface area contributed by atoms with E-state index in [1.807, 2.05) is 30.3 Å². The molecule has 1 nitrogen and oxygen atoms in total. The SMILES string of the molecule is O=C(c1ccccc1)c1ccccc1P(C1CCCCC1)C1CCCCC1. The summed E-state index contributed by atoms with van der Waals surface area (Å²) < 4.78 is 0. The molecule has 0 saturated heterocycles. The van der Waals surface area contributed by atoms with E-state index >= 15 is 0 Å². The topological polar surface area (TPSA) is 17.1 Å². The molecule has 0 aromatic heterocycles. The third kappa shape index (κ3) is 4.35. The molecule has 0 amide bonds. The Labute approximate surface area is 165 Å². The standard InChI is InChI=1S/C25H31OP/c26-25(20-12-4-1-5-13-20)23-18-10-11-19-24(23)27(21-14-6-2-7-15-21)22-16-8-3-9-17-22/h1,4-5,10-13,18-19,21-22H,2-3,6-9,14-17H2. The van der Waals surface area contributed by atoms with Gasteiger partial charge in [-0.2, -0.15) is 0 Å². The number of hydrogen-bond donors (Lipinski definition) is 0. The van der Waals surface area contributed by atoms with E-state index in [1.165, 1.54) is 69.5 Å². The normalized spacial score (nSPS) is 19.3. The predicted octanol–water partition coefficient (Wildman–Crippen LogP) is 6.69. The Morgan fingerprint density at radius 3 is 1.78 bits per heavy atom. The maximum absolute atomic E-state index is 13.3. The number of ketones is 1. The molecule has 0 N–H and O–H groups in total. The maximum Gasteiger partial charge on any atom is 0.193 e. The van der Waals surface area contributed by atoms with Gasteiger partial charge in [-0.05, 0) is 42.3 Å². The van der Waals surface area contributed by atoms with E-state index in [4.69, 9.17) is 0 Å². The van der Waals surface area contributed by atoms with Gasteiger partial charge in [-0.1, -0.05) is 101 Å². The van der Waals surface area contributed by atoms with Gasteiger partial charge in [0.15, 0.2) is 5.78 Å². The first-order valence-corrected chi connectivity index (χ1v) is 12.3. The largest absolute Gasteiger partial charge is 0.289 e. The van der Waals surface area contributed by atoms with Crippen molar-refractivity contribution in [3.8, 4) is 0 Å².